The summed E-state index contributed by atoms with van der Waals surface area (Å²) in [5, 5.41) is 4.86. The van der Waals surface area contributed by atoms with Gasteiger partial charge in [0.25, 0.3) is 5.91 Å². The van der Waals surface area contributed by atoms with E-state index in [1.807, 2.05) is 60.7 Å². The number of rotatable bonds is 6. The second kappa shape index (κ2) is 8.63. The van der Waals surface area contributed by atoms with Gasteiger partial charge in [-0.15, -0.1) is 0 Å². The number of H-pyrrole nitrogens is 1. The van der Waals surface area contributed by atoms with Gasteiger partial charge >= 0.3 is 0 Å². The molecule has 7 heteroatoms. The van der Waals surface area contributed by atoms with Crippen molar-refractivity contribution in [3.05, 3.63) is 84.3 Å². The molecular formula is C26H22N4O3. The molecule has 2 N–H and O–H groups in total. The lowest BCUT2D eigenvalue weighted by molar-refractivity contribution is 0.0946. The minimum atomic E-state index is -0.269. The number of pyridine rings is 2. The number of fused-ring (bicyclic) bond motifs is 3. The second-order valence-corrected chi connectivity index (χ2v) is 7.53. The fourth-order valence-corrected chi connectivity index (χ4v) is 4.01. The van der Waals surface area contributed by atoms with Crippen molar-refractivity contribution in [1.29, 1.82) is 0 Å². The molecule has 1 amide bonds. The largest absolute Gasteiger partial charge is 0.493 e. The van der Waals surface area contributed by atoms with Crippen LogP contribution in [0.1, 0.15) is 16.1 Å². The van der Waals surface area contributed by atoms with E-state index in [2.05, 4.69) is 15.3 Å². The Morgan fingerprint density at radius 3 is 2.67 bits per heavy atom. The van der Waals surface area contributed by atoms with Crippen molar-refractivity contribution >= 4 is 27.7 Å². The van der Waals surface area contributed by atoms with E-state index >= 15 is 0 Å². The van der Waals surface area contributed by atoms with E-state index < -0.39 is 0 Å². The fourth-order valence-electron chi connectivity index (χ4n) is 4.01. The molecule has 33 heavy (non-hydrogen) atoms. The molecule has 3 heterocycles. The zero-order valence-corrected chi connectivity index (χ0v) is 18.3. The summed E-state index contributed by atoms with van der Waals surface area (Å²) in [4.78, 5) is 25.4. The maximum absolute atomic E-state index is 13.1. The lowest BCUT2D eigenvalue weighted by Crippen LogP contribution is -2.24. The lowest BCUT2D eigenvalue weighted by Gasteiger charge is -2.14. The van der Waals surface area contributed by atoms with Crippen LogP contribution in [0.4, 0.5) is 0 Å². The van der Waals surface area contributed by atoms with Gasteiger partial charge in [0.05, 0.1) is 25.4 Å². The Balaban J connectivity index is 1.68. The molecule has 0 aliphatic rings. The SMILES string of the molecule is COc1cccc(-c2nc(C(=O)NCc3cccnc3)cc3c2[nH]c2ccccc23)c1OC. The number of benzene rings is 2. The van der Waals surface area contributed by atoms with Crippen LogP contribution in [0.2, 0.25) is 0 Å². The molecule has 2 aromatic carbocycles. The molecule has 0 aliphatic heterocycles. The highest BCUT2D eigenvalue weighted by Crippen LogP contribution is 2.41. The molecule has 0 spiro atoms. The predicted molar refractivity (Wildman–Crippen MR) is 128 cm³/mol. The maximum Gasteiger partial charge on any atom is 0.270 e. The van der Waals surface area contributed by atoms with Crippen molar-refractivity contribution in [3.8, 4) is 22.8 Å². The van der Waals surface area contributed by atoms with E-state index in [1.54, 1.807) is 26.6 Å². The molecule has 5 rings (SSSR count). The Hall–Kier alpha value is -4.39. The summed E-state index contributed by atoms with van der Waals surface area (Å²) in [5.41, 5.74) is 4.36. The number of carbonyl (C=O) groups excluding carboxylic acids is 1. The smallest absolute Gasteiger partial charge is 0.270 e. The molecule has 0 atom stereocenters. The summed E-state index contributed by atoms with van der Waals surface area (Å²) in [6.07, 6.45) is 3.43. The molecule has 164 valence electrons. The number of hydrogen-bond donors (Lipinski definition) is 2. The molecular weight excluding hydrogens is 416 g/mol. The first-order valence-electron chi connectivity index (χ1n) is 10.5. The number of para-hydroxylation sites is 2. The summed E-state index contributed by atoms with van der Waals surface area (Å²) in [5.74, 6) is 0.877. The average Bonchev–Trinajstić information content (AvgIpc) is 3.25. The van der Waals surface area contributed by atoms with Gasteiger partial charge in [-0.1, -0.05) is 30.3 Å². The number of aromatic nitrogens is 3. The van der Waals surface area contributed by atoms with Gasteiger partial charge in [-0.3, -0.25) is 9.78 Å². The van der Waals surface area contributed by atoms with Crippen molar-refractivity contribution in [1.82, 2.24) is 20.3 Å². The van der Waals surface area contributed by atoms with Gasteiger partial charge in [0.2, 0.25) is 0 Å². The van der Waals surface area contributed by atoms with E-state index in [4.69, 9.17) is 14.5 Å². The molecule has 5 aromatic rings. The standard InChI is InChI=1S/C26H22N4O3/c1-32-22-11-5-9-18(25(22)33-2)23-24-19(17-8-3-4-10-20(17)29-24)13-21(30-23)26(31)28-15-16-7-6-12-27-14-16/h3-14,29H,15H2,1-2H3,(H,28,31). The van der Waals surface area contributed by atoms with Crippen LogP contribution in [-0.2, 0) is 6.54 Å². The Bertz CT molecular complexity index is 1460. The van der Waals surface area contributed by atoms with Gasteiger partial charge in [0.1, 0.15) is 5.69 Å². The molecule has 0 saturated carbocycles. The van der Waals surface area contributed by atoms with Crippen molar-refractivity contribution in [3.63, 3.8) is 0 Å². The van der Waals surface area contributed by atoms with Gasteiger partial charge in [-0.2, -0.15) is 0 Å². The van der Waals surface area contributed by atoms with E-state index in [1.165, 1.54) is 0 Å². The molecule has 0 fully saturated rings. The van der Waals surface area contributed by atoms with Crippen LogP contribution in [-0.4, -0.2) is 35.1 Å². The van der Waals surface area contributed by atoms with Crippen molar-refractivity contribution in [2.75, 3.05) is 14.2 Å². The fraction of sp³-hybridized carbons (Fsp3) is 0.115. The zero-order valence-electron chi connectivity index (χ0n) is 18.3. The average molecular weight is 438 g/mol. The highest BCUT2D eigenvalue weighted by molar-refractivity contribution is 6.13. The molecule has 0 unspecified atom stereocenters. The van der Waals surface area contributed by atoms with E-state index in [9.17, 15) is 4.79 Å². The molecule has 0 saturated heterocycles. The highest BCUT2D eigenvalue weighted by atomic mass is 16.5. The first kappa shape index (κ1) is 20.5. The number of methoxy groups -OCH3 is 2. The van der Waals surface area contributed by atoms with Crippen LogP contribution in [0, 0.1) is 0 Å². The zero-order chi connectivity index (χ0) is 22.8. The number of hydrogen-bond acceptors (Lipinski definition) is 5. The maximum atomic E-state index is 13.1. The van der Waals surface area contributed by atoms with Crippen LogP contribution >= 0.6 is 0 Å². The minimum Gasteiger partial charge on any atom is -0.493 e. The monoisotopic (exact) mass is 438 g/mol. The van der Waals surface area contributed by atoms with Crippen molar-refractivity contribution in [2.24, 2.45) is 0 Å². The number of nitrogens with one attached hydrogen (secondary N) is 2. The van der Waals surface area contributed by atoms with Crippen LogP contribution < -0.4 is 14.8 Å². The third-order valence-electron chi connectivity index (χ3n) is 5.56. The first-order valence-corrected chi connectivity index (χ1v) is 10.5. The number of aromatic amines is 1. The highest BCUT2D eigenvalue weighted by Gasteiger charge is 2.20. The third-order valence-corrected chi connectivity index (χ3v) is 5.56. The molecule has 7 nitrogen and oxygen atoms in total. The Kier molecular flexibility index (Phi) is 5.36. The number of amides is 1. The van der Waals surface area contributed by atoms with Crippen LogP contribution in [0.25, 0.3) is 33.1 Å². The molecule has 0 bridgehead atoms. The summed E-state index contributed by atoms with van der Waals surface area (Å²) in [6, 6.07) is 19.2. The summed E-state index contributed by atoms with van der Waals surface area (Å²) >= 11 is 0. The number of nitrogens with zero attached hydrogens (tertiary/aromatic N) is 2. The van der Waals surface area contributed by atoms with Gasteiger partial charge in [0, 0.05) is 40.8 Å². The Labute approximate surface area is 190 Å². The normalized spacial score (nSPS) is 11.0. The van der Waals surface area contributed by atoms with Crippen LogP contribution in [0.5, 0.6) is 11.5 Å². The predicted octanol–water partition coefficient (Wildman–Crippen LogP) is 4.73. The van der Waals surface area contributed by atoms with Crippen LogP contribution in [0.3, 0.4) is 0 Å². The quantitative estimate of drug-likeness (QED) is 0.400. The van der Waals surface area contributed by atoms with Gasteiger partial charge in [0.15, 0.2) is 11.5 Å². The molecule has 0 radical (unpaired) electrons. The molecule has 3 aromatic heterocycles. The van der Waals surface area contributed by atoms with Gasteiger partial charge in [-0.25, -0.2) is 4.98 Å². The van der Waals surface area contributed by atoms with Gasteiger partial charge < -0.3 is 19.8 Å². The number of carbonyl (C=O) groups is 1. The van der Waals surface area contributed by atoms with E-state index in [0.29, 0.717) is 29.4 Å². The summed E-state index contributed by atoms with van der Waals surface area (Å²) in [7, 11) is 3.18. The van der Waals surface area contributed by atoms with Crippen LogP contribution in [0.15, 0.2) is 73.1 Å². The molecule has 0 aliphatic carbocycles. The Morgan fingerprint density at radius 2 is 1.88 bits per heavy atom. The van der Waals surface area contributed by atoms with Crippen molar-refractivity contribution in [2.45, 2.75) is 6.54 Å². The Morgan fingerprint density at radius 1 is 1.00 bits per heavy atom. The van der Waals surface area contributed by atoms with E-state index in [-0.39, 0.29) is 5.91 Å². The summed E-state index contributed by atoms with van der Waals surface area (Å²) < 4.78 is 11.2. The third kappa shape index (κ3) is 3.74. The van der Waals surface area contributed by atoms with Crippen molar-refractivity contribution < 1.29 is 14.3 Å². The van der Waals surface area contributed by atoms with E-state index in [0.717, 1.165) is 32.9 Å². The summed E-state index contributed by atoms with van der Waals surface area (Å²) in [6.45, 7) is 0.359. The number of ether oxygens (including phenoxy) is 2. The lowest BCUT2D eigenvalue weighted by atomic mass is 10.0. The second-order valence-electron chi connectivity index (χ2n) is 7.53. The van der Waals surface area contributed by atoms with Gasteiger partial charge in [-0.05, 0) is 35.9 Å². The topological polar surface area (TPSA) is 89.1 Å². The minimum absolute atomic E-state index is 0.269. The first-order chi connectivity index (χ1) is 16.2.